The van der Waals surface area contributed by atoms with Crippen LogP contribution in [0.2, 0.25) is 5.15 Å². The zero-order valence-electron chi connectivity index (χ0n) is 9.93. The van der Waals surface area contributed by atoms with Crippen molar-refractivity contribution in [3.05, 3.63) is 57.3 Å². The summed E-state index contributed by atoms with van der Waals surface area (Å²) in [6, 6.07) is 7.30. The summed E-state index contributed by atoms with van der Waals surface area (Å²) in [6.07, 6.45) is 1.43. The monoisotopic (exact) mass is 354 g/mol. The summed E-state index contributed by atoms with van der Waals surface area (Å²) in [5, 5.41) is 11.7. The van der Waals surface area contributed by atoms with Crippen molar-refractivity contribution in [2.45, 2.75) is 0 Å². The fraction of sp³-hybridized carbons (Fsp3) is 0. The number of amides is 1. The molecule has 0 aliphatic carbocycles. The molecule has 1 aromatic carbocycles. The first-order valence-electron chi connectivity index (χ1n) is 5.43. The first-order chi connectivity index (χ1) is 9.47. The molecule has 102 valence electrons. The van der Waals surface area contributed by atoms with Crippen LogP contribution in [-0.4, -0.2) is 22.0 Å². The maximum atomic E-state index is 12.0. The van der Waals surface area contributed by atoms with E-state index in [2.05, 4.69) is 26.2 Å². The topological polar surface area (TPSA) is 79.3 Å². The number of anilines is 1. The summed E-state index contributed by atoms with van der Waals surface area (Å²) in [4.78, 5) is 26.6. The van der Waals surface area contributed by atoms with Gasteiger partial charge in [-0.25, -0.2) is 9.78 Å². The lowest BCUT2D eigenvalue weighted by atomic mass is 10.2. The Kier molecular flexibility index (Phi) is 4.36. The molecule has 0 saturated heterocycles. The Bertz CT molecular complexity index is 691. The van der Waals surface area contributed by atoms with E-state index in [9.17, 15) is 9.59 Å². The highest BCUT2D eigenvalue weighted by Crippen LogP contribution is 2.24. The summed E-state index contributed by atoms with van der Waals surface area (Å²) in [5.74, 6) is -1.40. The zero-order chi connectivity index (χ0) is 14.7. The van der Waals surface area contributed by atoms with Gasteiger partial charge in [0.05, 0.1) is 11.3 Å². The molecule has 0 fully saturated rings. The van der Waals surface area contributed by atoms with Gasteiger partial charge in [0.25, 0.3) is 5.91 Å². The number of hydrogen-bond acceptors (Lipinski definition) is 3. The number of halogens is 2. The number of carbonyl (C=O) groups excluding carboxylic acids is 1. The molecule has 2 aromatic rings. The quantitative estimate of drug-likeness (QED) is 0.827. The summed E-state index contributed by atoms with van der Waals surface area (Å²) < 4.78 is 0.478. The van der Waals surface area contributed by atoms with Gasteiger partial charge in [0.2, 0.25) is 0 Å². The lowest BCUT2D eigenvalue weighted by Crippen LogP contribution is -2.12. The summed E-state index contributed by atoms with van der Waals surface area (Å²) >= 11 is 8.93. The molecule has 2 N–H and O–H groups in total. The largest absolute Gasteiger partial charge is 0.478 e. The molecular weight excluding hydrogens is 348 g/mol. The van der Waals surface area contributed by atoms with Gasteiger partial charge in [-0.1, -0.05) is 11.6 Å². The average molecular weight is 356 g/mol. The molecule has 0 spiro atoms. The lowest BCUT2D eigenvalue weighted by molar-refractivity contribution is 0.0696. The second-order valence-electron chi connectivity index (χ2n) is 3.82. The van der Waals surface area contributed by atoms with Crippen LogP contribution in [0.1, 0.15) is 20.7 Å². The van der Waals surface area contributed by atoms with E-state index >= 15 is 0 Å². The van der Waals surface area contributed by atoms with Gasteiger partial charge in [-0.15, -0.1) is 0 Å². The van der Waals surface area contributed by atoms with E-state index in [0.717, 1.165) is 0 Å². The van der Waals surface area contributed by atoms with E-state index < -0.39 is 5.97 Å². The first-order valence-corrected chi connectivity index (χ1v) is 6.60. The van der Waals surface area contributed by atoms with Crippen LogP contribution in [0.15, 0.2) is 41.0 Å². The minimum absolute atomic E-state index is 0.127. The number of nitrogens with zero attached hydrogens (tertiary/aromatic N) is 1. The van der Waals surface area contributed by atoms with Gasteiger partial charge in [-0.05, 0) is 46.3 Å². The molecule has 20 heavy (non-hydrogen) atoms. The minimum atomic E-state index is -1.04. The van der Waals surface area contributed by atoms with Crippen molar-refractivity contribution in [3.8, 4) is 0 Å². The molecule has 0 atom stereocenters. The number of rotatable bonds is 3. The van der Waals surface area contributed by atoms with E-state index in [4.69, 9.17) is 16.7 Å². The lowest BCUT2D eigenvalue weighted by Gasteiger charge is -2.08. The van der Waals surface area contributed by atoms with Crippen molar-refractivity contribution in [2.75, 3.05) is 5.32 Å². The molecule has 1 heterocycles. The highest BCUT2D eigenvalue weighted by Gasteiger charge is 2.11. The van der Waals surface area contributed by atoms with Crippen molar-refractivity contribution in [1.82, 2.24) is 4.98 Å². The number of hydrogen-bond donors (Lipinski definition) is 2. The van der Waals surface area contributed by atoms with Gasteiger partial charge in [0, 0.05) is 16.2 Å². The standard InChI is InChI=1S/C13H8BrClN2O3/c14-9-5-8(13(19)20)1-2-10(9)17-12(18)7-3-4-16-11(15)6-7/h1-6H,(H,17,18)(H,19,20). The third kappa shape index (κ3) is 3.34. The number of benzene rings is 1. The minimum Gasteiger partial charge on any atom is -0.478 e. The van der Waals surface area contributed by atoms with Gasteiger partial charge in [0.15, 0.2) is 0 Å². The van der Waals surface area contributed by atoms with Crippen molar-refractivity contribution >= 4 is 45.1 Å². The molecule has 7 heteroatoms. The second-order valence-corrected chi connectivity index (χ2v) is 5.06. The van der Waals surface area contributed by atoms with Crippen molar-refractivity contribution in [1.29, 1.82) is 0 Å². The van der Waals surface area contributed by atoms with E-state index in [1.165, 1.54) is 36.5 Å². The van der Waals surface area contributed by atoms with Crippen LogP contribution in [0.25, 0.3) is 0 Å². The fourth-order valence-corrected chi connectivity index (χ4v) is 2.14. The van der Waals surface area contributed by atoms with E-state index in [1.54, 1.807) is 0 Å². The summed E-state index contributed by atoms with van der Waals surface area (Å²) in [7, 11) is 0. The first kappa shape index (κ1) is 14.5. The normalized spacial score (nSPS) is 10.1. The van der Waals surface area contributed by atoms with Crippen LogP contribution in [0.5, 0.6) is 0 Å². The predicted molar refractivity (Wildman–Crippen MR) is 78.3 cm³/mol. The molecule has 0 radical (unpaired) electrons. The van der Waals surface area contributed by atoms with Crippen LogP contribution in [-0.2, 0) is 0 Å². The smallest absolute Gasteiger partial charge is 0.335 e. The molecule has 2 rings (SSSR count). The second kappa shape index (κ2) is 6.02. The number of carbonyl (C=O) groups is 2. The van der Waals surface area contributed by atoms with Crippen molar-refractivity contribution < 1.29 is 14.7 Å². The number of aromatic carboxylic acids is 1. The molecule has 0 aliphatic heterocycles. The van der Waals surface area contributed by atoms with Crippen molar-refractivity contribution in [2.24, 2.45) is 0 Å². The molecule has 1 amide bonds. The van der Waals surface area contributed by atoms with E-state index in [-0.39, 0.29) is 16.6 Å². The SMILES string of the molecule is O=C(O)c1ccc(NC(=O)c2ccnc(Cl)c2)c(Br)c1. The van der Waals surface area contributed by atoms with Crippen molar-refractivity contribution in [3.63, 3.8) is 0 Å². The number of carboxylic acid groups (broad SMARTS) is 1. The van der Waals surface area contributed by atoms with Crippen LogP contribution in [0.3, 0.4) is 0 Å². The van der Waals surface area contributed by atoms with E-state index in [0.29, 0.717) is 15.7 Å². The third-order valence-electron chi connectivity index (χ3n) is 2.45. The summed E-state index contributed by atoms with van der Waals surface area (Å²) in [5.41, 5.74) is 0.953. The van der Waals surface area contributed by atoms with Crippen LogP contribution in [0.4, 0.5) is 5.69 Å². The molecule has 0 saturated carbocycles. The van der Waals surface area contributed by atoms with Gasteiger partial charge >= 0.3 is 5.97 Å². The molecular formula is C13H8BrClN2O3. The van der Waals surface area contributed by atoms with Crippen LogP contribution < -0.4 is 5.32 Å². The zero-order valence-corrected chi connectivity index (χ0v) is 12.3. The average Bonchev–Trinajstić information content (AvgIpc) is 2.40. The molecule has 1 aromatic heterocycles. The molecule has 0 bridgehead atoms. The van der Waals surface area contributed by atoms with Gasteiger partial charge in [-0.3, -0.25) is 4.79 Å². The Morgan fingerprint density at radius 3 is 2.55 bits per heavy atom. The van der Waals surface area contributed by atoms with Crippen LogP contribution in [0, 0.1) is 0 Å². The maximum Gasteiger partial charge on any atom is 0.335 e. The van der Waals surface area contributed by atoms with Crippen LogP contribution >= 0.6 is 27.5 Å². The molecule has 5 nitrogen and oxygen atoms in total. The highest BCUT2D eigenvalue weighted by atomic mass is 79.9. The Hall–Kier alpha value is -1.92. The number of aromatic nitrogens is 1. The highest BCUT2D eigenvalue weighted by molar-refractivity contribution is 9.10. The molecule has 0 unspecified atom stereocenters. The Morgan fingerprint density at radius 2 is 1.95 bits per heavy atom. The number of pyridine rings is 1. The number of carboxylic acids is 1. The fourth-order valence-electron chi connectivity index (χ4n) is 1.49. The summed E-state index contributed by atoms with van der Waals surface area (Å²) in [6.45, 7) is 0. The predicted octanol–water partition coefficient (Wildman–Crippen LogP) is 3.45. The third-order valence-corrected chi connectivity index (χ3v) is 3.32. The van der Waals surface area contributed by atoms with E-state index in [1.807, 2.05) is 0 Å². The Morgan fingerprint density at radius 1 is 1.20 bits per heavy atom. The number of nitrogens with one attached hydrogen (secondary N) is 1. The van der Waals surface area contributed by atoms with Gasteiger partial charge < -0.3 is 10.4 Å². The van der Waals surface area contributed by atoms with Gasteiger partial charge in [-0.2, -0.15) is 0 Å². The maximum absolute atomic E-state index is 12.0. The Labute approximate surface area is 127 Å². The van der Waals surface area contributed by atoms with Gasteiger partial charge in [0.1, 0.15) is 5.15 Å². The Balaban J connectivity index is 2.22. The molecule has 0 aliphatic rings.